The van der Waals surface area contributed by atoms with Crippen LogP contribution in [0.5, 0.6) is 5.75 Å². The summed E-state index contributed by atoms with van der Waals surface area (Å²) in [6.45, 7) is 1.69. The molecule has 1 atom stereocenters. The van der Waals surface area contributed by atoms with Crippen molar-refractivity contribution < 1.29 is 13.5 Å². The van der Waals surface area contributed by atoms with Crippen molar-refractivity contribution in [1.29, 1.82) is 0 Å². The molecule has 1 unspecified atom stereocenters. The van der Waals surface area contributed by atoms with Gasteiger partial charge in [0.2, 0.25) is 5.95 Å². The highest BCUT2D eigenvalue weighted by atomic mass is 19.1. The highest BCUT2D eigenvalue weighted by molar-refractivity contribution is 5.92. The van der Waals surface area contributed by atoms with Crippen LogP contribution in [-0.4, -0.2) is 31.6 Å². The van der Waals surface area contributed by atoms with E-state index >= 15 is 0 Å². The molecule has 154 valence electrons. The Labute approximate surface area is 171 Å². The number of halogens is 2. The van der Waals surface area contributed by atoms with E-state index < -0.39 is 17.7 Å². The lowest BCUT2D eigenvalue weighted by atomic mass is 10.2. The standard InChI is InChI=1S/C20H19F2N7O/c1-11(18-15(22)6-12(21)8-23-18)25-20-26-16-5-4-13(30-3)7-14(16)19(28-20)27-17-9-29(2)10-24-17/h4-11H,1-3H3,(H2,25,26,27,28). The van der Waals surface area contributed by atoms with Crippen LogP contribution in [0.4, 0.5) is 26.4 Å². The second-order valence-corrected chi connectivity index (χ2v) is 6.71. The largest absolute Gasteiger partial charge is 0.497 e. The third-order valence-electron chi connectivity index (χ3n) is 4.45. The molecule has 3 heterocycles. The SMILES string of the molecule is COc1ccc2nc(NC(C)c3ncc(F)cc3F)nc(Nc3cn(C)cn3)c2c1. The smallest absolute Gasteiger partial charge is 0.225 e. The molecular formula is C20H19F2N7O. The van der Waals surface area contributed by atoms with Gasteiger partial charge in [0.05, 0.1) is 36.9 Å². The zero-order chi connectivity index (χ0) is 21.3. The number of benzene rings is 1. The fourth-order valence-electron chi connectivity index (χ4n) is 3.00. The highest BCUT2D eigenvalue weighted by Gasteiger charge is 2.17. The molecule has 0 saturated heterocycles. The number of rotatable bonds is 6. The van der Waals surface area contributed by atoms with Gasteiger partial charge in [-0.1, -0.05) is 0 Å². The second-order valence-electron chi connectivity index (χ2n) is 6.71. The van der Waals surface area contributed by atoms with Crippen LogP contribution in [0.3, 0.4) is 0 Å². The normalized spacial score (nSPS) is 12.0. The Kier molecular flexibility index (Phi) is 5.13. The van der Waals surface area contributed by atoms with Crippen molar-refractivity contribution >= 4 is 28.5 Å². The average molecular weight is 411 g/mol. The van der Waals surface area contributed by atoms with E-state index in [1.54, 1.807) is 37.1 Å². The van der Waals surface area contributed by atoms with Crippen molar-refractivity contribution in [2.75, 3.05) is 17.7 Å². The quantitative estimate of drug-likeness (QED) is 0.496. The molecule has 3 aromatic heterocycles. The summed E-state index contributed by atoms with van der Waals surface area (Å²) in [6, 6.07) is 5.60. The first-order chi connectivity index (χ1) is 14.4. The molecule has 2 N–H and O–H groups in total. The fraction of sp³-hybridized carbons (Fsp3) is 0.200. The predicted octanol–water partition coefficient (Wildman–Crippen LogP) is 3.96. The minimum absolute atomic E-state index is 0.0639. The van der Waals surface area contributed by atoms with Crippen molar-refractivity contribution in [3.8, 4) is 5.75 Å². The molecule has 0 aliphatic heterocycles. The Bertz CT molecular complexity index is 1210. The first kappa shape index (κ1) is 19.5. The van der Waals surface area contributed by atoms with Crippen LogP contribution in [0.2, 0.25) is 0 Å². The zero-order valence-electron chi connectivity index (χ0n) is 16.5. The Hall–Kier alpha value is -3.82. The van der Waals surface area contributed by atoms with Gasteiger partial charge in [0, 0.05) is 24.7 Å². The lowest BCUT2D eigenvalue weighted by Gasteiger charge is -2.16. The Morgan fingerprint density at radius 3 is 2.67 bits per heavy atom. The molecule has 0 bridgehead atoms. The van der Waals surface area contributed by atoms with Gasteiger partial charge < -0.3 is 19.9 Å². The summed E-state index contributed by atoms with van der Waals surface area (Å²) in [6.07, 6.45) is 4.44. The zero-order valence-corrected chi connectivity index (χ0v) is 16.5. The molecule has 0 amide bonds. The second kappa shape index (κ2) is 7.90. The maximum Gasteiger partial charge on any atom is 0.225 e. The van der Waals surface area contributed by atoms with Crippen molar-refractivity contribution in [1.82, 2.24) is 24.5 Å². The Morgan fingerprint density at radius 2 is 1.97 bits per heavy atom. The molecule has 0 fully saturated rings. The average Bonchev–Trinajstić information content (AvgIpc) is 3.12. The van der Waals surface area contributed by atoms with Gasteiger partial charge in [-0.3, -0.25) is 4.98 Å². The van der Waals surface area contributed by atoms with E-state index in [4.69, 9.17) is 4.74 Å². The molecule has 0 spiro atoms. The molecule has 4 aromatic rings. The molecule has 0 aliphatic rings. The maximum absolute atomic E-state index is 14.1. The van der Waals surface area contributed by atoms with Gasteiger partial charge in [0.25, 0.3) is 0 Å². The van der Waals surface area contributed by atoms with Gasteiger partial charge >= 0.3 is 0 Å². The lowest BCUT2D eigenvalue weighted by molar-refractivity contribution is 0.415. The molecule has 1 aromatic carbocycles. The number of aryl methyl sites for hydroxylation is 1. The summed E-state index contributed by atoms with van der Waals surface area (Å²) < 4.78 is 34.4. The summed E-state index contributed by atoms with van der Waals surface area (Å²) in [7, 11) is 3.44. The number of hydrogen-bond acceptors (Lipinski definition) is 7. The number of methoxy groups -OCH3 is 1. The monoisotopic (exact) mass is 411 g/mol. The lowest BCUT2D eigenvalue weighted by Crippen LogP contribution is -2.14. The molecule has 0 radical (unpaired) electrons. The van der Waals surface area contributed by atoms with Crippen molar-refractivity contribution in [2.45, 2.75) is 13.0 Å². The molecule has 8 nitrogen and oxygen atoms in total. The first-order valence-electron chi connectivity index (χ1n) is 9.11. The van der Waals surface area contributed by atoms with E-state index in [0.29, 0.717) is 22.9 Å². The van der Waals surface area contributed by atoms with Gasteiger partial charge in [0.1, 0.15) is 29.0 Å². The number of nitrogens with one attached hydrogen (secondary N) is 2. The van der Waals surface area contributed by atoms with Crippen molar-refractivity contribution in [3.63, 3.8) is 0 Å². The number of anilines is 3. The third kappa shape index (κ3) is 3.97. The van der Waals surface area contributed by atoms with Crippen molar-refractivity contribution in [2.24, 2.45) is 7.05 Å². The van der Waals surface area contributed by atoms with Crippen LogP contribution in [0.15, 0.2) is 43.0 Å². The number of pyridine rings is 1. The molecule has 0 saturated carbocycles. The van der Waals surface area contributed by atoms with E-state index in [0.717, 1.165) is 17.6 Å². The number of nitrogens with zero attached hydrogens (tertiary/aromatic N) is 5. The van der Waals surface area contributed by atoms with Crippen LogP contribution in [-0.2, 0) is 7.05 Å². The molecule has 30 heavy (non-hydrogen) atoms. The van der Waals surface area contributed by atoms with Gasteiger partial charge in [-0.2, -0.15) is 4.98 Å². The van der Waals surface area contributed by atoms with Crippen LogP contribution >= 0.6 is 0 Å². The van der Waals surface area contributed by atoms with E-state index in [-0.39, 0.29) is 11.6 Å². The number of hydrogen-bond donors (Lipinski definition) is 2. The number of imidazole rings is 1. The number of aromatic nitrogens is 5. The van der Waals surface area contributed by atoms with E-state index in [2.05, 4.69) is 30.6 Å². The highest BCUT2D eigenvalue weighted by Crippen LogP contribution is 2.29. The topological polar surface area (TPSA) is 89.8 Å². The minimum atomic E-state index is -0.743. The summed E-state index contributed by atoms with van der Waals surface area (Å²) in [5.74, 6) is 0.532. The van der Waals surface area contributed by atoms with E-state index in [1.165, 1.54) is 0 Å². The van der Waals surface area contributed by atoms with E-state index in [9.17, 15) is 8.78 Å². The predicted molar refractivity (Wildman–Crippen MR) is 109 cm³/mol. The molecule has 0 aliphatic carbocycles. The Morgan fingerprint density at radius 1 is 1.13 bits per heavy atom. The summed E-state index contributed by atoms with van der Waals surface area (Å²) >= 11 is 0. The summed E-state index contributed by atoms with van der Waals surface area (Å²) in [4.78, 5) is 17.1. The van der Waals surface area contributed by atoms with Gasteiger partial charge in [-0.15, -0.1) is 0 Å². The van der Waals surface area contributed by atoms with Crippen molar-refractivity contribution in [3.05, 3.63) is 60.3 Å². The van der Waals surface area contributed by atoms with Crippen LogP contribution < -0.4 is 15.4 Å². The van der Waals surface area contributed by atoms with Crippen LogP contribution in [0.1, 0.15) is 18.7 Å². The minimum Gasteiger partial charge on any atom is -0.497 e. The fourth-order valence-corrected chi connectivity index (χ4v) is 3.00. The van der Waals surface area contributed by atoms with E-state index in [1.807, 2.05) is 19.3 Å². The number of fused-ring (bicyclic) bond motifs is 1. The van der Waals surface area contributed by atoms with Crippen LogP contribution in [0.25, 0.3) is 10.9 Å². The summed E-state index contributed by atoms with van der Waals surface area (Å²) in [5.41, 5.74) is 0.709. The van der Waals surface area contributed by atoms with Crippen LogP contribution in [0, 0.1) is 11.6 Å². The molecule has 4 rings (SSSR count). The molecule has 10 heteroatoms. The first-order valence-corrected chi connectivity index (χ1v) is 9.11. The third-order valence-corrected chi connectivity index (χ3v) is 4.45. The van der Waals surface area contributed by atoms with Gasteiger partial charge in [0.15, 0.2) is 0 Å². The maximum atomic E-state index is 14.1. The van der Waals surface area contributed by atoms with Gasteiger partial charge in [-0.25, -0.2) is 18.7 Å². The van der Waals surface area contributed by atoms with Gasteiger partial charge in [-0.05, 0) is 25.1 Å². The Balaban J connectivity index is 1.72. The number of ether oxygens (including phenoxy) is 1. The summed E-state index contributed by atoms with van der Waals surface area (Å²) in [5, 5.41) is 6.93. The molecular weight excluding hydrogens is 392 g/mol.